The zero-order chi connectivity index (χ0) is 46.1. The zero-order valence-electron chi connectivity index (χ0n) is 36.5. The average Bonchev–Trinajstić information content (AvgIpc) is 3.25. The van der Waals surface area contributed by atoms with Crippen LogP contribution < -0.4 is 16.1 Å². The number of carbonyl (C=O) groups is 6. The number of ketones is 1. The van der Waals surface area contributed by atoms with Crippen molar-refractivity contribution in [2.24, 2.45) is 17.8 Å². The zero-order valence-corrected chi connectivity index (χ0v) is 36.5. The van der Waals surface area contributed by atoms with Crippen LogP contribution in [0, 0.1) is 17.8 Å². The molecule has 340 valence electrons. The minimum Gasteiger partial charge on any atom is -0.508 e. The van der Waals surface area contributed by atoms with Crippen LogP contribution in [-0.2, 0) is 51.3 Å². The van der Waals surface area contributed by atoms with Gasteiger partial charge in [0.1, 0.15) is 42.4 Å². The molecule has 4 rings (SSSR count). The molecule has 1 saturated heterocycles. The highest BCUT2D eigenvalue weighted by atomic mass is 16.5. The van der Waals surface area contributed by atoms with Crippen molar-refractivity contribution in [1.82, 2.24) is 26.1 Å². The Bertz CT molecular complexity index is 2020. The van der Waals surface area contributed by atoms with Crippen molar-refractivity contribution in [2.75, 3.05) is 6.54 Å². The van der Waals surface area contributed by atoms with E-state index < -0.39 is 83.9 Å². The van der Waals surface area contributed by atoms with Gasteiger partial charge in [-0.05, 0) is 74.4 Å². The second-order valence-corrected chi connectivity index (χ2v) is 16.3. The van der Waals surface area contributed by atoms with Gasteiger partial charge in [-0.1, -0.05) is 75.4 Å². The quantitative estimate of drug-likeness (QED) is 0.108. The third kappa shape index (κ3) is 15.7. The number of aromatic hydroxyl groups is 1. The number of hydrazine groups is 1. The maximum absolute atomic E-state index is 14.4. The van der Waals surface area contributed by atoms with Gasteiger partial charge in [0.15, 0.2) is 0 Å². The van der Waals surface area contributed by atoms with Crippen LogP contribution >= 0.6 is 0 Å². The van der Waals surface area contributed by atoms with Crippen molar-refractivity contribution in [2.45, 2.75) is 116 Å². The highest BCUT2D eigenvalue weighted by Gasteiger charge is 2.38. The maximum Gasteiger partial charge on any atom is 0.331 e. The average molecular weight is 872 g/mol. The lowest BCUT2D eigenvalue weighted by molar-refractivity contribution is -0.156. The summed E-state index contributed by atoms with van der Waals surface area (Å²) in [6.45, 7) is 8.24. The number of fused-ring (bicyclic) bond motifs is 2. The number of aromatic nitrogens is 1. The molecule has 2 bridgehead atoms. The number of nitrogens with one attached hydrogen (secondary N) is 3. The number of carbonyl (C=O) groups excluding carboxylic acids is 6. The van der Waals surface area contributed by atoms with Gasteiger partial charge in [0.05, 0.1) is 23.8 Å². The molecule has 8 atom stereocenters. The first-order valence-corrected chi connectivity index (χ1v) is 21.3. The molecule has 16 heteroatoms. The van der Waals surface area contributed by atoms with Gasteiger partial charge in [0.25, 0.3) is 5.91 Å². The topological polar surface area (TPSA) is 234 Å². The molecule has 63 heavy (non-hydrogen) atoms. The molecular weight excluding hydrogens is 811 g/mol. The summed E-state index contributed by atoms with van der Waals surface area (Å²) in [6.07, 6.45) is 9.51. The van der Waals surface area contributed by atoms with Crippen molar-refractivity contribution in [3.63, 3.8) is 0 Å². The number of phenols is 1. The molecule has 1 aromatic heterocycles. The lowest BCUT2D eigenvalue weighted by Gasteiger charge is -2.36. The number of hydrogen-bond acceptors (Lipinski definition) is 13. The van der Waals surface area contributed by atoms with Crippen molar-refractivity contribution >= 4 is 35.4 Å². The number of aliphatic hydroxyl groups excluding tert-OH is 2. The van der Waals surface area contributed by atoms with Crippen molar-refractivity contribution < 1.29 is 53.6 Å². The Labute approximate surface area is 368 Å². The Morgan fingerprint density at radius 3 is 2.51 bits per heavy atom. The third-order valence-corrected chi connectivity index (χ3v) is 10.9. The number of amides is 3. The molecule has 3 heterocycles. The van der Waals surface area contributed by atoms with E-state index in [4.69, 9.17) is 9.47 Å². The van der Waals surface area contributed by atoms with Gasteiger partial charge in [0, 0.05) is 44.0 Å². The van der Waals surface area contributed by atoms with E-state index in [1.54, 1.807) is 88.5 Å². The number of hydrogen-bond donors (Lipinski definition) is 6. The number of cyclic esters (lactones) is 1. The molecule has 2 aromatic rings. The summed E-state index contributed by atoms with van der Waals surface area (Å²) < 4.78 is 11.3. The predicted octanol–water partition coefficient (Wildman–Crippen LogP) is 3.47. The van der Waals surface area contributed by atoms with E-state index in [0.717, 1.165) is 0 Å². The molecule has 0 aliphatic carbocycles. The van der Waals surface area contributed by atoms with E-state index in [1.807, 2.05) is 0 Å². The number of aliphatic hydroxyl groups is 2. The molecular formula is C47H61N5O11. The fraction of sp³-hybridized carbons (Fsp3) is 0.468. The highest BCUT2D eigenvalue weighted by Crippen LogP contribution is 2.24. The standard InChI is InChI=1S/C47H61N5O11/c1-29(2)42-45(59)49-38(27-33-15-12-17-35(54)26-33)46(60)52-25-13-18-37(51-52)47(61)63-40(30(3)14-11-21-41(56)62-28-34-16-9-10-24-48-34)20-8-6-7-19-39(55)32(5)43(57)36(44(58)50-42)23-22-31(4)53/h6-12,14-17,19,21,24,26,29,32,36-40,42-43,51,54-55,57H,13,18,20,22-23,25,27-28H2,1-5H3,(H,49,59)(H,50,58)/b8-6+,19-7+,21-11+,30-14+/t32-,36+,37?,38-,39-,40-,42-,43+/m0/s1. The van der Waals surface area contributed by atoms with Crippen LogP contribution in [0.25, 0.3) is 0 Å². The summed E-state index contributed by atoms with van der Waals surface area (Å²) in [5.74, 6) is -6.08. The number of rotatable bonds is 11. The Morgan fingerprint density at radius 1 is 1.03 bits per heavy atom. The Hall–Kier alpha value is -5.97. The largest absolute Gasteiger partial charge is 0.508 e. The fourth-order valence-corrected chi connectivity index (χ4v) is 7.11. The van der Waals surface area contributed by atoms with Crippen molar-refractivity contribution in [3.8, 4) is 5.75 Å². The van der Waals surface area contributed by atoms with E-state index in [1.165, 1.54) is 42.3 Å². The van der Waals surface area contributed by atoms with Crippen LogP contribution in [0.3, 0.4) is 0 Å². The molecule has 1 aromatic carbocycles. The smallest absolute Gasteiger partial charge is 0.331 e. The Kier molecular flexibility index (Phi) is 19.4. The summed E-state index contributed by atoms with van der Waals surface area (Å²) in [6, 6.07) is 8.10. The SMILES string of the molecule is CC(=O)CC[C@H]1C(=O)N[C@@H](C(C)C)C(=O)N[C@@H](Cc2cccc(O)c2)C(=O)N2CCCC(N2)C(=O)O[C@H](/C(C)=C/C=C/C(=O)OCc2ccccn2)C/C=C/C=C/[C@H](O)[C@H](C)[C@H]1O. The molecule has 0 radical (unpaired) electrons. The van der Waals surface area contributed by atoms with E-state index >= 15 is 0 Å². The van der Waals surface area contributed by atoms with Crippen LogP contribution in [0.5, 0.6) is 5.75 Å². The lowest BCUT2D eigenvalue weighted by Crippen LogP contribution is -2.62. The normalized spacial score (nSPS) is 27.0. The number of allylic oxidation sites excluding steroid dienone is 4. The molecule has 0 saturated carbocycles. The van der Waals surface area contributed by atoms with Crippen LogP contribution in [0.4, 0.5) is 0 Å². The number of Topliss-reactive ketones (excluding diaryl/α,β-unsaturated/α-hetero) is 1. The predicted molar refractivity (Wildman–Crippen MR) is 233 cm³/mol. The summed E-state index contributed by atoms with van der Waals surface area (Å²) >= 11 is 0. The maximum atomic E-state index is 14.4. The first-order valence-electron chi connectivity index (χ1n) is 21.3. The molecule has 3 amide bonds. The Morgan fingerprint density at radius 2 is 1.81 bits per heavy atom. The van der Waals surface area contributed by atoms with Gasteiger partial charge in [-0.2, -0.15) is 0 Å². The third-order valence-electron chi connectivity index (χ3n) is 10.9. The molecule has 2 aliphatic rings. The van der Waals surface area contributed by atoms with Crippen LogP contribution in [0.2, 0.25) is 0 Å². The lowest BCUT2D eigenvalue weighted by atomic mass is 9.84. The van der Waals surface area contributed by atoms with Gasteiger partial charge >= 0.3 is 11.9 Å². The van der Waals surface area contributed by atoms with Crippen molar-refractivity contribution in [3.05, 3.63) is 108 Å². The summed E-state index contributed by atoms with van der Waals surface area (Å²) in [5, 5.41) is 39.6. The highest BCUT2D eigenvalue weighted by molar-refractivity contribution is 5.93. The summed E-state index contributed by atoms with van der Waals surface area (Å²) in [7, 11) is 0. The number of nitrogens with zero attached hydrogens (tertiary/aromatic N) is 2. The van der Waals surface area contributed by atoms with E-state index in [-0.39, 0.29) is 50.4 Å². The van der Waals surface area contributed by atoms with Gasteiger partial charge in [-0.15, -0.1) is 0 Å². The van der Waals surface area contributed by atoms with Gasteiger partial charge in [0.2, 0.25) is 11.8 Å². The summed E-state index contributed by atoms with van der Waals surface area (Å²) in [5.41, 5.74) is 4.67. The van der Waals surface area contributed by atoms with Crippen molar-refractivity contribution in [1.29, 1.82) is 0 Å². The molecule has 1 fully saturated rings. The number of pyridine rings is 1. The number of ether oxygens (including phenoxy) is 2. The van der Waals surface area contributed by atoms with E-state index in [9.17, 15) is 44.1 Å². The second-order valence-electron chi connectivity index (χ2n) is 16.3. The molecule has 16 nitrogen and oxygen atoms in total. The van der Waals surface area contributed by atoms with Crippen LogP contribution in [-0.4, -0.2) is 104 Å². The second kappa shape index (κ2) is 24.6. The number of esters is 2. The monoisotopic (exact) mass is 871 g/mol. The number of benzene rings is 1. The minimum atomic E-state index is -1.43. The van der Waals surface area contributed by atoms with Gasteiger partial charge in [-0.25, -0.2) is 10.2 Å². The van der Waals surface area contributed by atoms with Gasteiger partial charge < -0.3 is 40.2 Å². The van der Waals surface area contributed by atoms with Crippen LogP contribution in [0.1, 0.15) is 78.0 Å². The Balaban J connectivity index is 1.68. The van der Waals surface area contributed by atoms with Gasteiger partial charge in [-0.3, -0.25) is 29.2 Å². The van der Waals surface area contributed by atoms with E-state index in [2.05, 4.69) is 21.0 Å². The fourth-order valence-electron chi connectivity index (χ4n) is 7.11. The molecule has 0 spiro atoms. The minimum absolute atomic E-state index is 0.0111. The van der Waals surface area contributed by atoms with E-state index in [0.29, 0.717) is 29.7 Å². The number of phenolic OH excluding ortho intramolecular Hbond substituents is 1. The molecule has 2 aliphatic heterocycles. The summed E-state index contributed by atoms with van der Waals surface area (Å²) in [4.78, 5) is 84.8. The van der Waals surface area contributed by atoms with Crippen LogP contribution in [0.15, 0.2) is 96.8 Å². The first-order chi connectivity index (χ1) is 30.0. The molecule has 1 unspecified atom stereocenters. The first kappa shape index (κ1) is 49.7. The molecule has 6 N–H and O–H groups in total.